The van der Waals surface area contributed by atoms with Crippen LogP contribution in [0.25, 0.3) is 5.69 Å². The molecule has 0 saturated carbocycles. The van der Waals surface area contributed by atoms with E-state index in [0.717, 1.165) is 11.4 Å². The molecule has 0 radical (unpaired) electrons. The van der Waals surface area contributed by atoms with E-state index in [4.69, 9.17) is 4.74 Å². The molecule has 6 nitrogen and oxygen atoms in total. The van der Waals surface area contributed by atoms with Crippen molar-refractivity contribution in [1.82, 2.24) is 9.78 Å². The van der Waals surface area contributed by atoms with Crippen molar-refractivity contribution in [2.75, 3.05) is 6.61 Å². The Balaban J connectivity index is 1.84. The Bertz CT molecular complexity index is 983. The number of rotatable bonds is 5. The lowest BCUT2D eigenvalue weighted by molar-refractivity contribution is 0.0526. The van der Waals surface area contributed by atoms with Crippen molar-refractivity contribution in [2.24, 2.45) is 4.99 Å². The monoisotopic (exact) mass is 349 g/mol. The number of aromatic nitrogens is 2. The predicted octanol–water partition coefficient (Wildman–Crippen LogP) is 3.40. The number of benzene rings is 2. The van der Waals surface area contributed by atoms with Crippen LogP contribution in [-0.2, 0) is 4.74 Å². The molecule has 1 N–H and O–H groups in total. The molecule has 3 aromatic rings. The molecule has 132 valence electrons. The topological polar surface area (TPSA) is 76.4 Å². The lowest BCUT2D eigenvalue weighted by atomic mass is 10.2. The molecule has 0 atom stereocenters. The summed E-state index contributed by atoms with van der Waals surface area (Å²) >= 11 is 0. The molecule has 0 fully saturated rings. The predicted molar refractivity (Wildman–Crippen MR) is 101 cm³/mol. The minimum atomic E-state index is -0.366. The number of nitrogens with one attached hydrogen (secondary N) is 1. The van der Waals surface area contributed by atoms with Crippen molar-refractivity contribution in [2.45, 2.75) is 13.8 Å². The molecule has 1 aromatic heterocycles. The molecule has 0 spiro atoms. The van der Waals surface area contributed by atoms with Crippen LogP contribution in [0.1, 0.15) is 28.5 Å². The number of carbonyl (C=O) groups is 1. The Labute approximate surface area is 150 Å². The fourth-order valence-corrected chi connectivity index (χ4v) is 2.51. The second kappa shape index (κ2) is 7.65. The van der Waals surface area contributed by atoms with Gasteiger partial charge in [-0.2, -0.15) is 0 Å². The maximum absolute atomic E-state index is 12.6. The van der Waals surface area contributed by atoms with Crippen LogP contribution in [-0.4, -0.2) is 28.6 Å². The first kappa shape index (κ1) is 17.4. The van der Waals surface area contributed by atoms with Gasteiger partial charge in [-0.15, -0.1) is 0 Å². The number of hydrogen-bond donors (Lipinski definition) is 1. The first-order chi connectivity index (χ1) is 12.6. The smallest absolute Gasteiger partial charge is 0.338 e. The van der Waals surface area contributed by atoms with E-state index in [1.807, 2.05) is 37.3 Å². The van der Waals surface area contributed by atoms with Crippen LogP contribution in [0.15, 0.2) is 64.4 Å². The number of para-hydroxylation sites is 1. The zero-order chi connectivity index (χ0) is 18.5. The highest BCUT2D eigenvalue weighted by molar-refractivity contribution is 5.90. The molecule has 1 heterocycles. The zero-order valence-corrected chi connectivity index (χ0v) is 14.6. The second-order valence-corrected chi connectivity index (χ2v) is 5.65. The highest BCUT2D eigenvalue weighted by Crippen LogP contribution is 2.14. The van der Waals surface area contributed by atoms with Crippen molar-refractivity contribution in [3.05, 3.63) is 81.8 Å². The molecule has 0 aliphatic heterocycles. The summed E-state index contributed by atoms with van der Waals surface area (Å²) in [6.45, 7) is 3.92. The van der Waals surface area contributed by atoms with Crippen molar-refractivity contribution < 1.29 is 9.53 Å². The third kappa shape index (κ3) is 3.64. The molecule has 0 aliphatic rings. The number of H-pyrrole nitrogens is 1. The molecule has 3 rings (SSSR count). The number of ether oxygens (including phenoxy) is 1. The molecular weight excluding hydrogens is 330 g/mol. The van der Waals surface area contributed by atoms with Gasteiger partial charge in [-0.05, 0) is 50.2 Å². The lowest BCUT2D eigenvalue weighted by Gasteiger charge is -2.01. The van der Waals surface area contributed by atoms with Crippen molar-refractivity contribution in [1.29, 1.82) is 0 Å². The Morgan fingerprint density at radius 2 is 1.85 bits per heavy atom. The van der Waals surface area contributed by atoms with E-state index in [1.54, 1.807) is 31.2 Å². The van der Waals surface area contributed by atoms with Gasteiger partial charge in [0.15, 0.2) is 0 Å². The summed E-state index contributed by atoms with van der Waals surface area (Å²) in [6, 6.07) is 16.1. The summed E-state index contributed by atoms with van der Waals surface area (Å²) in [5.74, 6) is -0.366. The Morgan fingerprint density at radius 1 is 1.15 bits per heavy atom. The van der Waals surface area contributed by atoms with Gasteiger partial charge in [0.05, 0.1) is 29.1 Å². The van der Waals surface area contributed by atoms with Crippen LogP contribution < -0.4 is 5.56 Å². The minimum absolute atomic E-state index is 0.166. The molecule has 26 heavy (non-hydrogen) atoms. The number of aliphatic imine (C=N–C) groups is 1. The van der Waals surface area contributed by atoms with Gasteiger partial charge in [0.25, 0.3) is 5.56 Å². The Hall–Kier alpha value is -3.41. The molecular formula is C20H19N3O3. The second-order valence-electron chi connectivity index (χ2n) is 5.65. The van der Waals surface area contributed by atoms with Crippen LogP contribution in [0.5, 0.6) is 0 Å². The van der Waals surface area contributed by atoms with E-state index < -0.39 is 0 Å². The first-order valence-corrected chi connectivity index (χ1v) is 8.28. The van der Waals surface area contributed by atoms with Gasteiger partial charge in [-0.25, -0.2) is 9.48 Å². The lowest BCUT2D eigenvalue weighted by Crippen LogP contribution is -2.17. The third-order valence-corrected chi connectivity index (χ3v) is 3.85. The average molecular weight is 349 g/mol. The standard InChI is InChI=1S/C20H19N3O3/c1-3-26-20(25)15-9-11-16(12-10-15)21-13-18-14(2)22-23(19(18)24)17-7-5-4-6-8-17/h4-13,22H,3H2,1-2H3. The van der Waals surface area contributed by atoms with E-state index in [1.165, 1.54) is 10.9 Å². The highest BCUT2D eigenvalue weighted by atomic mass is 16.5. The quantitative estimate of drug-likeness (QED) is 0.566. The first-order valence-electron chi connectivity index (χ1n) is 8.28. The largest absolute Gasteiger partial charge is 0.462 e. The van der Waals surface area contributed by atoms with Gasteiger partial charge in [-0.1, -0.05) is 18.2 Å². The number of carbonyl (C=O) groups excluding carboxylic acids is 1. The van der Waals surface area contributed by atoms with Crippen LogP contribution in [0, 0.1) is 6.92 Å². The summed E-state index contributed by atoms with van der Waals surface area (Å²) in [4.78, 5) is 28.6. The number of nitrogens with zero attached hydrogens (tertiary/aromatic N) is 2. The summed E-state index contributed by atoms with van der Waals surface area (Å²) in [7, 11) is 0. The molecule has 0 amide bonds. The normalized spacial score (nSPS) is 11.0. The van der Waals surface area contributed by atoms with Crippen molar-refractivity contribution >= 4 is 17.9 Å². The van der Waals surface area contributed by atoms with Crippen LogP contribution in [0.4, 0.5) is 5.69 Å². The zero-order valence-electron chi connectivity index (χ0n) is 14.6. The molecule has 6 heteroatoms. The summed E-state index contributed by atoms with van der Waals surface area (Å²) in [5, 5.41) is 3.06. The SMILES string of the molecule is CCOC(=O)c1ccc(N=Cc2c(C)[nH]n(-c3ccccc3)c2=O)cc1. The van der Waals surface area contributed by atoms with E-state index in [0.29, 0.717) is 23.4 Å². The van der Waals surface area contributed by atoms with Gasteiger partial charge < -0.3 is 4.74 Å². The minimum Gasteiger partial charge on any atom is -0.462 e. The molecule has 2 aromatic carbocycles. The van der Waals surface area contributed by atoms with E-state index in [-0.39, 0.29) is 11.5 Å². The van der Waals surface area contributed by atoms with E-state index in [2.05, 4.69) is 10.1 Å². The van der Waals surface area contributed by atoms with E-state index in [9.17, 15) is 9.59 Å². The summed E-state index contributed by atoms with van der Waals surface area (Å²) < 4.78 is 6.43. The fourth-order valence-electron chi connectivity index (χ4n) is 2.51. The van der Waals surface area contributed by atoms with Gasteiger partial charge in [0.2, 0.25) is 0 Å². The van der Waals surface area contributed by atoms with Gasteiger partial charge in [0.1, 0.15) is 0 Å². The molecule has 0 saturated heterocycles. The number of esters is 1. The average Bonchev–Trinajstić information content (AvgIpc) is 2.95. The van der Waals surface area contributed by atoms with Crippen LogP contribution >= 0.6 is 0 Å². The number of aromatic amines is 1. The Morgan fingerprint density at radius 3 is 2.50 bits per heavy atom. The van der Waals surface area contributed by atoms with Gasteiger partial charge >= 0.3 is 5.97 Å². The number of hydrogen-bond acceptors (Lipinski definition) is 4. The Kier molecular flexibility index (Phi) is 5.12. The highest BCUT2D eigenvalue weighted by Gasteiger charge is 2.10. The maximum atomic E-state index is 12.6. The van der Waals surface area contributed by atoms with Crippen molar-refractivity contribution in [3.8, 4) is 5.69 Å². The van der Waals surface area contributed by atoms with Crippen LogP contribution in [0.3, 0.4) is 0 Å². The molecule has 0 unspecified atom stereocenters. The third-order valence-electron chi connectivity index (χ3n) is 3.85. The van der Waals surface area contributed by atoms with Crippen LogP contribution in [0.2, 0.25) is 0 Å². The number of aryl methyl sites for hydroxylation is 1. The van der Waals surface area contributed by atoms with Gasteiger partial charge in [0, 0.05) is 11.9 Å². The van der Waals surface area contributed by atoms with E-state index >= 15 is 0 Å². The maximum Gasteiger partial charge on any atom is 0.338 e. The summed E-state index contributed by atoms with van der Waals surface area (Å²) in [5.41, 5.74) is 2.92. The molecule has 0 bridgehead atoms. The van der Waals surface area contributed by atoms with Gasteiger partial charge in [-0.3, -0.25) is 14.9 Å². The summed E-state index contributed by atoms with van der Waals surface area (Å²) in [6.07, 6.45) is 1.53. The fraction of sp³-hybridized carbons (Fsp3) is 0.150. The van der Waals surface area contributed by atoms with Crippen molar-refractivity contribution in [3.63, 3.8) is 0 Å². The molecule has 0 aliphatic carbocycles.